The molecular formula is C18H11ClF4O2. The normalized spacial score (nSPS) is 20.4. The van der Waals surface area contributed by atoms with Gasteiger partial charge in [-0.1, -0.05) is 35.9 Å². The Balaban J connectivity index is 2.09. The fraction of sp³-hybridized carbons (Fsp3) is 0.167. The number of hydrogen-bond donors (Lipinski definition) is 0. The summed E-state index contributed by atoms with van der Waals surface area (Å²) in [4.78, 5) is 11.8. The smallest absolute Gasteiger partial charge is 0.423 e. The van der Waals surface area contributed by atoms with Gasteiger partial charge in [0.1, 0.15) is 11.4 Å². The highest BCUT2D eigenvalue weighted by Crippen LogP contribution is 2.43. The van der Waals surface area contributed by atoms with Gasteiger partial charge in [0.2, 0.25) is 0 Å². The van der Waals surface area contributed by atoms with Crippen LogP contribution in [0.1, 0.15) is 11.1 Å². The van der Waals surface area contributed by atoms with Gasteiger partial charge in [0.25, 0.3) is 0 Å². The van der Waals surface area contributed by atoms with E-state index in [1.807, 2.05) is 0 Å². The first-order valence-corrected chi connectivity index (χ1v) is 7.61. The molecule has 130 valence electrons. The first-order chi connectivity index (χ1) is 11.7. The second kappa shape index (κ2) is 6.19. The van der Waals surface area contributed by atoms with Crippen molar-refractivity contribution in [3.8, 4) is 0 Å². The van der Waals surface area contributed by atoms with Gasteiger partial charge < -0.3 is 4.74 Å². The van der Waals surface area contributed by atoms with Gasteiger partial charge >= 0.3 is 12.1 Å². The number of hydrogen-bond acceptors (Lipinski definition) is 2. The second-order valence-corrected chi connectivity index (χ2v) is 6.08. The standard InChI is InChI=1S/C18H11ClF4O2/c19-13-5-1-11(2-6-13)9-17(12-3-7-14(20)8-4-12)10-15(16(24)25-17)18(21,22)23/h1-8,10H,9H2. The van der Waals surface area contributed by atoms with Gasteiger partial charge in [0.15, 0.2) is 5.60 Å². The van der Waals surface area contributed by atoms with E-state index in [0.29, 0.717) is 10.6 Å². The van der Waals surface area contributed by atoms with Crippen LogP contribution in [0.15, 0.2) is 60.2 Å². The van der Waals surface area contributed by atoms with Crippen molar-refractivity contribution in [2.45, 2.75) is 18.2 Å². The summed E-state index contributed by atoms with van der Waals surface area (Å²) in [7, 11) is 0. The summed E-state index contributed by atoms with van der Waals surface area (Å²) in [5.41, 5.74) is -2.17. The number of halogens is 5. The lowest BCUT2D eigenvalue weighted by atomic mass is 9.86. The molecule has 0 saturated carbocycles. The Kier molecular flexibility index (Phi) is 4.33. The van der Waals surface area contributed by atoms with E-state index in [1.54, 1.807) is 24.3 Å². The van der Waals surface area contributed by atoms with Gasteiger partial charge in [-0.15, -0.1) is 0 Å². The van der Waals surface area contributed by atoms with E-state index in [2.05, 4.69) is 0 Å². The van der Waals surface area contributed by atoms with Gasteiger partial charge in [-0.2, -0.15) is 13.2 Å². The highest BCUT2D eigenvalue weighted by atomic mass is 35.5. The minimum Gasteiger partial charge on any atom is -0.446 e. The van der Waals surface area contributed by atoms with Crippen LogP contribution in [0.25, 0.3) is 0 Å². The average molecular weight is 371 g/mol. The molecule has 1 aliphatic rings. The lowest BCUT2D eigenvalue weighted by Gasteiger charge is -2.27. The van der Waals surface area contributed by atoms with Crippen LogP contribution in [0.5, 0.6) is 0 Å². The van der Waals surface area contributed by atoms with E-state index in [1.165, 1.54) is 12.1 Å². The minimum atomic E-state index is -4.83. The summed E-state index contributed by atoms with van der Waals surface area (Å²) in [5, 5.41) is 0.467. The molecule has 7 heteroatoms. The van der Waals surface area contributed by atoms with Gasteiger partial charge in [0, 0.05) is 17.0 Å². The van der Waals surface area contributed by atoms with Crippen LogP contribution in [0.3, 0.4) is 0 Å². The molecule has 0 fully saturated rings. The lowest BCUT2D eigenvalue weighted by Crippen LogP contribution is -2.28. The molecule has 0 aliphatic carbocycles. The SMILES string of the molecule is O=C1OC(Cc2ccc(Cl)cc2)(c2ccc(F)cc2)C=C1C(F)(F)F. The van der Waals surface area contributed by atoms with Gasteiger partial charge in [-0.3, -0.25) is 0 Å². The molecule has 0 spiro atoms. The number of benzene rings is 2. The topological polar surface area (TPSA) is 26.3 Å². The first-order valence-electron chi connectivity index (χ1n) is 7.23. The summed E-state index contributed by atoms with van der Waals surface area (Å²) < 4.78 is 57.6. The average Bonchev–Trinajstić information content (AvgIpc) is 2.88. The van der Waals surface area contributed by atoms with E-state index in [-0.39, 0.29) is 12.0 Å². The van der Waals surface area contributed by atoms with Crippen molar-refractivity contribution in [3.63, 3.8) is 0 Å². The first kappa shape index (κ1) is 17.5. The Bertz CT molecular complexity index is 826. The third kappa shape index (κ3) is 3.54. The minimum absolute atomic E-state index is 0.0406. The van der Waals surface area contributed by atoms with Crippen molar-refractivity contribution in [2.24, 2.45) is 0 Å². The maximum Gasteiger partial charge on any atom is 0.423 e. The zero-order chi connectivity index (χ0) is 18.2. The summed E-state index contributed by atoms with van der Waals surface area (Å²) in [6.07, 6.45) is -4.11. The number of cyclic esters (lactones) is 1. The van der Waals surface area contributed by atoms with Crippen molar-refractivity contribution in [1.82, 2.24) is 0 Å². The Morgan fingerprint density at radius 3 is 2.12 bits per heavy atom. The molecule has 0 bridgehead atoms. The van der Waals surface area contributed by atoms with Crippen molar-refractivity contribution in [1.29, 1.82) is 0 Å². The second-order valence-electron chi connectivity index (χ2n) is 5.64. The number of alkyl halides is 3. The maximum absolute atomic E-state index is 13.2. The maximum atomic E-state index is 13.2. The molecule has 0 amide bonds. The molecule has 0 radical (unpaired) electrons. The van der Waals surface area contributed by atoms with Crippen LogP contribution in [0.2, 0.25) is 5.02 Å². The molecule has 2 nitrogen and oxygen atoms in total. The van der Waals surface area contributed by atoms with E-state index >= 15 is 0 Å². The largest absolute Gasteiger partial charge is 0.446 e. The summed E-state index contributed by atoms with van der Waals surface area (Å²) >= 11 is 5.82. The van der Waals surface area contributed by atoms with Gasteiger partial charge in [-0.05, 0) is 35.9 Å². The Morgan fingerprint density at radius 2 is 1.60 bits per heavy atom. The molecule has 25 heavy (non-hydrogen) atoms. The molecule has 1 heterocycles. The molecule has 2 aromatic rings. The van der Waals surface area contributed by atoms with E-state index in [0.717, 1.165) is 18.2 Å². The van der Waals surface area contributed by atoms with Crippen LogP contribution in [0.4, 0.5) is 17.6 Å². The van der Waals surface area contributed by atoms with Crippen molar-refractivity contribution in [2.75, 3.05) is 0 Å². The van der Waals surface area contributed by atoms with E-state index in [9.17, 15) is 22.4 Å². The van der Waals surface area contributed by atoms with Crippen molar-refractivity contribution in [3.05, 3.63) is 82.1 Å². The third-order valence-corrected chi connectivity index (χ3v) is 4.14. The number of esters is 1. The summed E-state index contributed by atoms with van der Waals surface area (Å²) in [6.45, 7) is 0. The highest BCUT2D eigenvalue weighted by Gasteiger charge is 2.51. The molecule has 1 atom stereocenters. The zero-order valence-corrected chi connectivity index (χ0v) is 13.4. The van der Waals surface area contributed by atoms with Crippen LogP contribution < -0.4 is 0 Å². The quantitative estimate of drug-likeness (QED) is 0.563. The van der Waals surface area contributed by atoms with E-state index < -0.39 is 29.1 Å². The zero-order valence-electron chi connectivity index (χ0n) is 12.6. The monoisotopic (exact) mass is 370 g/mol. The van der Waals surface area contributed by atoms with Crippen LogP contribution >= 0.6 is 11.6 Å². The Hall–Kier alpha value is -2.34. The fourth-order valence-corrected chi connectivity index (χ4v) is 2.83. The number of carbonyl (C=O) groups is 1. The number of ether oxygens (including phenoxy) is 1. The summed E-state index contributed by atoms with van der Waals surface area (Å²) in [6, 6.07) is 11.2. The van der Waals surface area contributed by atoms with Crippen LogP contribution in [-0.2, 0) is 21.6 Å². The lowest BCUT2D eigenvalue weighted by molar-refractivity contribution is -0.155. The predicted octanol–water partition coefficient (Wildman–Crippen LogP) is 4.96. The van der Waals surface area contributed by atoms with Gasteiger partial charge in [-0.25, -0.2) is 9.18 Å². The number of rotatable bonds is 3. The molecule has 0 N–H and O–H groups in total. The van der Waals surface area contributed by atoms with Crippen molar-refractivity contribution >= 4 is 17.6 Å². The molecule has 2 aromatic carbocycles. The molecule has 0 saturated heterocycles. The predicted molar refractivity (Wildman–Crippen MR) is 83.5 cm³/mol. The Labute approximate surface area is 145 Å². The van der Waals surface area contributed by atoms with Crippen LogP contribution in [0, 0.1) is 5.82 Å². The molecule has 0 aromatic heterocycles. The van der Waals surface area contributed by atoms with E-state index in [4.69, 9.17) is 16.3 Å². The summed E-state index contributed by atoms with van der Waals surface area (Å²) in [5.74, 6) is -2.00. The molecule has 1 aliphatic heterocycles. The molecule has 1 unspecified atom stereocenters. The Morgan fingerprint density at radius 1 is 1.00 bits per heavy atom. The fourth-order valence-electron chi connectivity index (χ4n) is 2.71. The highest BCUT2D eigenvalue weighted by molar-refractivity contribution is 6.30. The van der Waals surface area contributed by atoms with Crippen molar-refractivity contribution < 1.29 is 27.1 Å². The van der Waals surface area contributed by atoms with Gasteiger partial charge in [0.05, 0.1) is 0 Å². The number of carbonyl (C=O) groups excluding carboxylic acids is 1. The third-order valence-electron chi connectivity index (χ3n) is 3.89. The molecular weight excluding hydrogens is 360 g/mol. The molecule has 3 rings (SSSR count). The van der Waals surface area contributed by atoms with Crippen LogP contribution in [-0.4, -0.2) is 12.1 Å².